The van der Waals surface area contributed by atoms with E-state index >= 15 is 0 Å². The number of aliphatic hydroxyl groups excluding tert-OH is 1. The van der Waals surface area contributed by atoms with E-state index in [0.717, 1.165) is 10.9 Å². The van der Waals surface area contributed by atoms with Gasteiger partial charge < -0.3 is 10.8 Å². The first-order valence-corrected chi connectivity index (χ1v) is 6.49. The summed E-state index contributed by atoms with van der Waals surface area (Å²) in [4.78, 5) is -0.521. The summed E-state index contributed by atoms with van der Waals surface area (Å²) in [6, 6.07) is 0. The molecule has 1 heterocycles. The van der Waals surface area contributed by atoms with Crippen molar-refractivity contribution in [2.45, 2.75) is 11.1 Å². The number of anilines is 1. The molecular formula is C8H13F3N4O3S. The van der Waals surface area contributed by atoms with Crippen molar-refractivity contribution in [3.05, 3.63) is 6.20 Å². The molecule has 0 radical (unpaired) electrons. The van der Waals surface area contributed by atoms with Crippen molar-refractivity contribution in [1.29, 1.82) is 0 Å². The molecule has 0 amide bonds. The van der Waals surface area contributed by atoms with E-state index in [4.69, 9.17) is 10.8 Å². The van der Waals surface area contributed by atoms with E-state index < -0.39 is 46.6 Å². The standard InChI is InChI=1S/C8H13F3N4O3S/c1-14-4-6(7(12)13-14)19(17,18)15(2-3-16)5-8(9,10)11/h4,16H,2-3,5H2,1H3,(H2,12,13). The van der Waals surface area contributed by atoms with Crippen LogP contribution in [0.5, 0.6) is 0 Å². The lowest BCUT2D eigenvalue weighted by molar-refractivity contribution is -0.136. The first-order chi connectivity index (χ1) is 8.58. The molecule has 0 aliphatic carbocycles. The third kappa shape index (κ3) is 3.81. The average Bonchev–Trinajstić information content (AvgIpc) is 2.56. The molecule has 0 aromatic carbocycles. The normalized spacial score (nSPS) is 13.2. The van der Waals surface area contributed by atoms with Gasteiger partial charge in [-0.25, -0.2) is 8.42 Å². The average molecular weight is 302 g/mol. The number of alkyl halides is 3. The van der Waals surface area contributed by atoms with Crippen LogP contribution in [0.15, 0.2) is 11.1 Å². The lowest BCUT2D eigenvalue weighted by atomic mass is 10.6. The number of hydrogen-bond acceptors (Lipinski definition) is 5. The molecule has 0 atom stereocenters. The lowest BCUT2D eigenvalue weighted by Gasteiger charge is -2.21. The number of aliphatic hydroxyl groups is 1. The maximum absolute atomic E-state index is 12.3. The minimum absolute atomic E-state index is 0.111. The monoisotopic (exact) mass is 302 g/mol. The van der Waals surface area contributed by atoms with Crippen LogP contribution in [0.1, 0.15) is 0 Å². The second-order valence-electron chi connectivity index (χ2n) is 3.73. The zero-order valence-corrected chi connectivity index (χ0v) is 10.7. The van der Waals surface area contributed by atoms with Gasteiger partial charge in [0.2, 0.25) is 10.0 Å². The molecule has 0 saturated heterocycles. The van der Waals surface area contributed by atoms with Crippen LogP contribution in [0.3, 0.4) is 0 Å². The van der Waals surface area contributed by atoms with Gasteiger partial charge in [-0.05, 0) is 0 Å². The number of aryl methyl sites for hydroxylation is 1. The number of rotatable bonds is 5. The fourth-order valence-corrected chi connectivity index (χ4v) is 2.92. The van der Waals surface area contributed by atoms with E-state index in [1.807, 2.05) is 0 Å². The quantitative estimate of drug-likeness (QED) is 0.767. The van der Waals surface area contributed by atoms with Crippen LogP contribution in [-0.4, -0.2) is 53.5 Å². The van der Waals surface area contributed by atoms with Crippen molar-refractivity contribution < 1.29 is 26.7 Å². The number of nitrogens with zero attached hydrogens (tertiary/aromatic N) is 3. The number of halogens is 3. The van der Waals surface area contributed by atoms with Crippen molar-refractivity contribution in [3.63, 3.8) is 0 Å². The van der Waals surface area contributed by atoms with E-state index in [1.54, 1.807) is 0 Å². The molecule has 0 fully saturated rings. The first kappa shape index (κ1) is 15.7. The predicted molar refractivity (Wildman–Crippen MR) is 59.5 cm³/mol. The Balaban J connectivity index is 3.16. The number of hydrogen-bond donors (Lipinski definition) is 2. The first-order valence-electron chi connectivity index (χ1n) is 5.05. The molecule has 0 aliphatic rings. The van der Waals surface area contributed by atoms with Crippen molar-refractivity contribution in [2.24, 2.45) is 7.05 Å². The molecule has 1 aromatic rings. The van der Waals surface area contributed by atoms with Gasteiger partial charge in [-0.1, -0.05) is 0 Å². The Kier molecular flexibility index (Phi) is 4.43. The zero-order valence-electron chi connectivity index (χ0n) is 9.92. The molecule has 0 bridgehead atoms. The van der Waals surface area contributed by atoms with Gasteiger partial charge in [-0.2, -0.15) is 22.6 Å². The molecule has 11 heteroatoms. The lowest BCUT2D eigenvalue weighted by Crippen LogP contribution is -2.40. The smallest absolute Gasteiger partial charge is 0.395 e. The number of aromatic nitrogens is 2. The molecule has 0 aliphatic heterocycles. The van der Waals surface area contributed by atoms with E-state index in [-0.39, 0.29) is 4.31 Å². The van der Waals surface area contributed by atoms with Crippen LogP contribution < -0.4 is 5.73 Å². The minimum atomic E-state index is -4.72. The van der Waals surface area contributed by atoms with Crippen molar-refractivity contribution in [3.8, 4) is 0 Å². The summed E-state index contributed by atoms with van der Waals surface area (Å²) >= 11 is 0. The third-order valence-corrected chi connectivity index (χ3v) is 4.01. The van der Waals surface area contributed by atoms with Crippen molar-refractivity contribution >= 4 is 15.8 Å². The van der Waals surface area contributed by atoms with E-state index in [0.29, 0.717) is 0 Å². The number of nitrogen functional groups attached to an aromatic ring is 1. The van der Waals surface area contributed by atoms with Gasteiger partial charge in [0.1, 0.15) is 11.4 Å². The van der Waals surface area contributed by atoms with Gasteiger partial charge in [-0.15, -0.1) is 0 Å². The Bertz CT molecular complexity index is 540. The van der Waals surface area contributed by atoms with Gasteiger partial charge in [0, 0.05) is 19.8 Å². The highest BCUT2D eigenvalue weighted by molar-refractivity contribution is 7.89. The van der Waals surface area contributed by atoms with Crippen LogP contribution in [0.2, 0.25) is 0 Å². The fourth-order valence-electron chi connectivity index (χ4n) is 1.42. The van der Waals surface area contributed by atoms with Gasteiger partial charge in [0.05, 0.1) is 6.61 Å². The molecular weight excluding hydrogens is 289 g/mol. The summed E-state index contributed by atoms with van der Waals surface area (Å²) in [6.45, 7) is -3.13. The molecule has 7 nitrogen and oxygen atoms in total. The highest BCUT2D eigenvalue weighted by atomic mass is 32.2. The van der Waals surface area contributed by atoms with Gasteiger partial charge in [-0.3, -0.25) is 4.68 Å². The van der Waals surface area contributed by atoms with Crippen LogP contribution in [-0.2, 0) is 17.1 Å². The second kappa shape index (κ2) is 5.35. The Morgan fingerprint density at radius 3 is 2.47 bits per heavy atom. The zero-order chi connectivity index (χ0) is 14.8. The minimum Gasteiger partial charge on any atom is -0.395 e. The van der Waals surface area contributed by atoms with Crippen molar-refractivity contribution in [1.82, 2.24) is 14.1 Å². The van der Waals surface area contributed by atoms with Gasteiger partial charge in [0.15, 0.2) is 5.82 Å². The summed E-state index contributed by atoms with van der Waals surface area (Å²) in [6.07, 6.45) is -3.72. The van der Waals surface area contributed by atoms with E-state index in [2.05, 4.69) is 5.10 Å². The maximum Gasteiger partial charge on any atom is 0.402 e. The van der Waals surface area contributed by atoms with Crippen LogP contribution >= 0.6 is 0 Å². The molecule has 110 valence electrons. The van der Waals surface area contributed by atoms with Gasteiger partial charge >= 0.3 is 6.18 Å². The van der Waals surface area contributed by atoms with Crippen LogP contribution in [0, 0.1) is 0 Å². The summed E-state index contributed by atoms with van der Waals surface area (Å²) in [5.41, 5.74) is 5.34. The van der Waals surface area contributed by atoms with Gasteiger partial charge in [0.25, 0.3) is 0 Å². The Morgan fingerprint density at radius 2 is 2.11 bits per heavy atom. The van der Waals surface area contributed by atoms with E-state index in [1.165, 1.54) is 7.05 Å². The topological polar surface area (TPSA) is 101 Å². The molecule has 1 rings (SSSR count). The summed E-state index contributed by atoms with van der Waals surface area (Å²) < 4.78 is 62.2. The Morgan fingerprint density at radius 1 is 1.53 bits per heavy atom. The molecule has 0 unspecified atom stereocenters. The molecule has 19 heavy (non-hydrogen) atoms. The Hall–Kier alpha value is -1.33. The van der Waals surface area contributed by atoms with Crippen molar-refractivity contribution in [2.75, 3.05) is 25.4 Å². The number of sulfonamides is 1. The Labute approximate surface area is 107 Å². The highest BCUT2D eigenvalue weighted by Crippen LogP contribution is 2.24. The summed E-state index contributed by atoms with van der Waals surface area (Å²) in [5, 5.41) is 12.3. The van der Waals surface area contributed by atoms with E-state index in [9.17, 15) is 21.6 Å². The van der Waals surface area contributed by atoms with Crippen LogP contribution in [0.4, 0.5) is 19.0 Å². The summed E-state index contributed by atoms with van der Waals surface area (Å²) in [5.74, 6) is -0.396. The number of nitrogens with two attached hydrogens (primary N) is 1. The molecule has 0 saturated carbocycles. The molecule has 3 N–H and O–H groups in total. The predicted octanol–water partition coefficient (Wildman–Crippen LogP) is -0.452. The molecule has 0 spiro atoms. The third-order valence-electron chi connectivity index (χ3n) is 2.14. The van der Waals surface area contributed by atoms with Crippen LogP contribution in [0.25, 0.3) is 0 Å². The SMILES string of the molecule is Cn1cc(S(=O)(=O)N(CCO)CC(F)(F)F)c(N)n1. The highest BCUT2D eigenvalue weighted by Gasteiger charge is 2.38. The second-order valence-corrected chi connectivity index (χ2v) is 5.64. The summed E-state index contributed by atoms with van der Waals surface area (Å²) in [7, 11) is -3.08. The molecule has 1 aromatic heterocycles. The maximum atomic E-state index is 12.3. The largest absolute Gasteiger partial charge is 0.402 e. The fraction of sp³-hybridized carbons (Fsp3) is 0.625.